The molecule has 0 radical (unpaired) electrons. The normalized spacial score (nSPS) is 14.4. The monoisotopic (exact) mass is 631 g/mol. The minimum atomic E-state index is -0.0911. The van der Waals surface area contributed by atoms with Gasteiger partial charge in [0.05, 0.1) is 22.1 Å². The summed E-state index contributed by atoms with van der Waals surface area (Å²) in [6.45, 7) is 5.38. The highest BCUT2D eigenvalue weighted by Gasteiger charge is 2.32. The summed E-state index contributed by atoms with van der Waals surface area (Å²) in [5.41, 5.74) is 4.30. The van der Waals surface area contributed by atoms with Crippen LogP contribution in [0.1, 0.15) is 22.3 Å². The van der Waals surface area contributed by atoms with Gasteiger partial charge in [-0.2, -0.15) is 0 Å². The Bertz CT molecular complexity index is 1310. The molecule has 4 rings (SSSR count). The van der Waals surface area contributed by atoms with Crippen molar-refractivity contribution in [3.63, 3.8) is 0 Å². The highest BCUT2D eigenvalue weighted by Crippen LogP contribution is 2.37. The molecule has 1 heterocycles. The predicted molar refractivity (Wildman–Crippen MR) is 158 cm³/mol. The number of halogens is 1. The van der Waals surface area contributed by atoms with Crippen molar-refractivity contribution in [2.45, 2.75) is 20.4 Å². The Balaban J connectivity index is 1.42. The topological polar surface area (TPSA) is 48.0 Å². The number of carbonyl (C=O) groups is 1. The van der Waals surface area contributed by atoms with Crippen LogP contribution in [-0.4, -0.2) is 35.5 Å². The fourth-order valence-corrected chi connectivity index (χ4v) is 5.66. The second-order valence-corrected chi connectivity index (χ2v) is 11.1. The van der Waals surface area contributed by atoms with Gasteiger partial charge >= 0.3 is 0 Å². The van der Waals surface area contributed by atoms with Crippen molar-refractivity contribution in [3.05, 3.63) is 91.4 Å². The summed E-state index contributed by atoms with van der Waals surface area (Å²) in [5.74, 6) is 1.98. The van der Waals surface area contributed by atoms with Crippen LogP contribution in [0.25, 0.3) is 6.08 Å². The van der Waals surface area contributed by atoms with Crippen molar-refractivity contribution < 1.29 is 19.0 Å². The Labute approximate surface area is 235 Å². The van der Waals surface area contributed by atoms with Crippen LogP contribution in [0.3, 0.4) is 0 Å². The first-order chi connectivity index (χ1) is 17.4. The largest absolute Gasteiger partial charge is 0.493 e. The summed E-state index contributed by atoms with van der Waals surface area (Å²) >= 11 is 9.01. The zero-order valence-electron chi connectivity index (χ0n) is 20.2. The van der Waals surface area contributed by atoms with E-state index in [2.05, 4.69) is 36.4 Å². The lowest BCUT2D eigenvalue weighted by Crippen LogP contribution is -2.27. The molecule has 0 unspecified atom stereocenters. The van der Waals surface area contributed by atoms with Crippen molar-refractivity contribution >= 4 is 62.9 Å². The van der Waals surface area contributed by atoms with E-state index < -0.39 is 0 Å². The number of thiocarbonyl (C=S) groups is 1. The van der Waals surface area contributed by atoms with Gasteiger partial charge in [0.2, 0.25) is 0 Å². The number of amides is 1. The second-order valence-electron chi connectivity index (χ2n) is 8.23. The fourth-order valence-electron chi connectivity index (χ4n) is 3.62. The average Bonchev–Trinajstić information content (AvgIpc) is 3.12. The minimum absolute atomic E-state index is 0.0911. The van der Waals surface area contributed by atoms with Crippen LogP contribution >= 0.6 is 46.6 Å². The molecule has 5 nitrogen and oxygen atoms in total. The lowest BCUT2D eigenvalue weighted by Gasteiger charge is -2.15. The first-order valence-electron chi connectivity index (χ1n) is 11.4. The first kappa shape index (κ1) is 26.5. The summed E-state index contributed by atoms with van der Waals surface area (Å²) in [7, 11) is 1.60. The lowest BCUT2D eigenvalue weighted by molar-refractivity contribution is -0.122. The maximum atomic E-state index is 13.0. The molecule has 186 valence electrons. The summed E-state index contributed by atoms with van der Waals surface area (Å²) in [4.78, 5) is 15.3. The molecule has 0 saturated carbocycles. The number of hydrogen-bond acceptors (Lipinski definition) is 6. The van der Waals surface area contributed by atoms with Gasteiger partial charge in [0.1, 0.15) is 23.3 Å². The molecule has 1 saturated heterocycles. The number of hydrogen-bond donors (Lipinski definition) is 0. The molecule has 8 heteroatoms. The van der Waals surface area contributed by atoms with Gasteiger partial charge in [-0.3, -0.25) is 9.69 Å². The second kappa shape index (κ2) is 12.1. The Hall–Kier alpha value is -2.56. The molecule has 1 fully saturated rings. The maximum Gasteiger partial charge on any atom is 0.266 e. The highest BCUT2D eigenvalue weighted by molar-refractivity contribution is 14.1. The molecule has 3 aromatic rings. The quantitative estimate of drug-likeness (QED) is 0.112. The van der Waals surface area contributed by atoms with Crippen LogP contribution in [0.2, 0.25) is 0 Å². The van der Waals surface area contributed by atoms with E-state index in [0.717, 1.165) is 20.4 Å². The number of ether oxygens (including phenoxy) is 3. The molecule has 0 spiro atoms. The van der Waals surface area contributed by atoms with Crippen LogP contribution < -0.4 is 14.2 Å². The van der Waals surface area contributed by atoms with Crippen molar-refractivity contribution in [1.29, 1.82) is 0 Å². The van der Waals surface area contributed by atoms with E-state index >= 15 is 0 Å². The van der Waals surface area contributed by atoms with Crippen LogP contribution in [-0.2, 0) is 11.3 Å². The third-order valence-corrected chi connectivity index (χ3v) is 7.86. The summed E-state index contributed by atoms with van der Waals surface area (Å²) in [5, 5.41) is 0. The summed E-state index contributed by atoms with van der Waals surface area (Å²) < 4.78 is 18.9. The number of rotatable bonds is 9. The number of thioether (sulfide) groups is 1. The first-order valence-corrected chi connectivity index (χ1v) is 13.7. The van der Waals surface area contributed by atoms with Crippen LogP contribution in [0.15, 0.2) is 65.6 Å². The molecule has 36 heavy (non-hydrogen) atoms. The van der Waals surface area contributed by atoms with Crippen LogP contribution in [0.5, 0.6) is 17.2 Å². The summed E-state index contributed by atoms with van der Waals surface area (Å²) in [6, 6.07) is 19.7. The van der Waals surface area contributed by atoms with E-state index in [0.29, 0.717) is 40.5 Å². The third-order valence-electron chi connectivity index (χ3n) is 5.68. The number of methoxy groups -OCH3 is 1. The zero-order chi connectivity index (χ0) is 25.7. The van der Waals surface area contributed by atoms with Crippen molar-refractivity contribution in [2.75, 3.05) is 20.3 Å². The molecule has 0 aliphatic carbocycles. The predicted octanol–water partition coefficient (Wildman–Crippen LogP) is 6.78. The number of nitrogens with zero attached hydrogens (tertiary/aromatic N) is 1. The Kier molecular flexibility index (Phi) is 8.92. The molecule has 0 atom stereocenters. The van der Waals surface area contributed by atoms with Crippen molar-refractivity contribution in [2.24, 2.45) is 0 Å². The van der Waals surface area contributed by atoms with Crippen molar-refractivity contribution in [1.82, 2.24) is 4.90 Å². The molecule has 1 aliphatic rings. The van der Waals surface area contributed by atoms with Gasteiger partial charge in [0.25, 0.3) is 5.91 Å². The van der Waals surface area contributed by atoms with Gasteiger partial charge in [-0.15, -0.1) is 0 Å². The number of carbonyl (C=O) groups excluding carboxylic acids is 1. The highest BCUT2D eigenvalue weighted by atomic mass is 127. The summed E-state index contributed by atoms with van der Waals surface area (Å²) in [6.07, 6.45) is 1.85. The van der Waals surface area contributed by atoms with Crippen LogP contribution in [0, 0.1) is 17.4 Å². The smallest absolute Gasteiger partial charge is 0.266 e. The van der Waals surface area contributed by atoms with E-state index in [1.807, 2.05) is 66.7 Å². The SMILES string of the molecule is COc1cc(/C=C2\SC(=S)N(Cc3ccccc3)C2=O)cc(I)c1OCCOc1ccc(C)c(C)c1. The lowest BCUT2D eigenvalue weighted by atomic mass is 10.1. The molecule has 0 bridgehead atoms. The van der Waals surface area contributed by atoms with Gasteiger partial charge < -0.3 is 14.2 Å². The Morgan fingerprint density at radius 1 is 1.00 bits per heavy atom. The zero-order valence-corrected chi connectivity index (χ0v) is 24.0. The molecule has 1 aliphatic heterocycles. The molecule has 3 aromatic carbocycles. The molecule has 0 aromatic heterocycles. The van der Waals surface area contributed by atoms with Crippen molar-refractivity contribution in [3.8, 4) is 17.2 Å². The number of benzene rings is 3. The van der Waals surface area contributed by atoms with E-state index in [4.69, 9.17) is 26.4 Å². The van der Waals surface area contributed by atoms with E-state index in [1.165, 1.54) is 22.9 Å². The van der Waals surface area contributed by atoms with Gasteiger partial charge in [-0.25, -0.2) is 0 Å². The third kappa shape index (κ3) is 6.41. The van der Waals surface area contributed by atoms with E-state index in [9.17, 15) is 4.79 Å². The maximum absolute atomic E-state index is 13.0. The van der Waals surface area contributed by atoms with Crippen LogP contribution in [0.4, 0.5) is 0 Å². The average molecular weight is 632 g/mol. The molecule has 1 amide bonds. The van der Waals surface area contributed by atoms with Gasteiger partial charge in [0.15, 0.2) is 11.5 Å². The van der Waals surface area contributed by atoms with Gasteiger partial charge in [0, 0.05) is 0 Å². The van der Waals surface area contributed by atoms with Gasteiger partial charge in [-0.05, 0) is 89.0 Å². The Morgan fingerprint density at radius 3 is 2.47 bits per heavy atom. The Morgan fingerprint density at radius 2 is 1.75 bits per heavy atom. The van der Waals surface area contributed by atoms with E-state index in [-0.39, 0.29) is 5.91 Å². The molecule has 0 N–H and O–H groups in total. The standard InChI is InChI=1S/C28H26INO4S2/c1-18-9-10-22(13-19(18)2)33-11-12-34-26-23(29)14-21(15-24(26)32-3)16-25-27(31)30(28(35)36-25)17-20-7-5-4-6-8-20/h4-10,13-16H,11-12,17H2,1-3H3/b25-16-. The van der Waals surface area contributed by atoms with Gasteiger partial charge in [-0.1, -0.05) is 60.4 Å². The fraction of sp³-hybridized carbons (Fsp3) is 0.214. The molecular formula is C28H26INO4S2. The minimum Gasteiger partial charge on any atom is -0.493 e. The molecular weight excluding hydrogens is 605 g/mol. The number of aryl methyl sites for hydroxylation is 2. The van der Waals surface area contributed by atoms with E-state index in [1.54, 1.807) is 12.0 Å².